The van der Waals surface area contributed by atoms with E-state index in [4.69, 9.17) is 14.9 Å². The second-order valence-corrected chi connectivity index (χ2v) is 5.46. The fraction of sp³-hybridized carbons (Fsp3) is 0.429. The number of nitrogens with zero attached hydrogens (tertiary/aromatic N) is 2. The highest BCUT2D eigenvalue weighted by Gasteiger charge is 2.12. The van der Waals surface area contributed by atoms with E-state index < -0.39 is 0 Å². The zero-order valence-electron chi connectivity index (χ0n) is 11.6. The van der Waals surface area contributed by atoms with Gasteiger partial charge >= 0.3 is 0 Å². The molecule has 1 aromatic heterocycles. The fourth-order valence-corrected chi connectivity index (χ4v) is 2.35. The predicted octanol–water partition coefficient (Wildman–Crippen LogP) is 3.00. The first-order chi connectivity index (χ1) is 9.60. The maximum Gasteiger partial charge on any atom is 0.253 e. The Balaban J connectivity index is 2.12. The summed E-state index contributed by atoms with van der Waals surface area (Å²) in [4.78, 5) is 0. The summed E-state index contributed by atoms with van der Waals surface area (Å²) >= 11 is 3.51. The molecule has 1 atom stereocenters. The first kappa shape index (κ1) is 15.0. The van der Waals surface area contributed by atoms with E-state index in [0.717, 1.165) is 28.6 Å². The zero-order valence-corrected chi connectivity index (χ0v) is 13.2. The molecule has 20 heavy (non-hydrogen) atoms. The molecule has 2 rings (SSSR count). The Hall–Kier alpha value is -1.40. The van der Waals surface area contributed by atoms with Crippen LogP contribution in [0.15, 0.2) is 27.1 Å². The smallest absolute Gasteiger partial charge is 0.253 e. The van der Waals surface area contributed by atoms with Crippen molar-refractivity contribution in [3.05, 3.63) is 40.0 Å². The minimum Gasteiger partial charge on any atom is -0.482 e. The Bertz CT molecular complexity index is 571. The molecule has 0 bridgehead atoms. The molecule has 0 saturated heterocycles. The number of halogens is 1. The van der Waals surface area contributed by atoms with Gasteiger partial charge in [0.15, 0.2) is 6.61 Å². The van der Waals surface area contributed by atoms with Crippen molar-refractivity contribution >= 4 is 15.9 Å². The number of hydrogen-bond donors (Lipinski definition) is 1. The third-order valence-electron chi connectivity index (χ3n) is 2.96. The number of ether oxygens (including phenoxy) is 1. The molecule has 0 spiro atoms. The van der Waals surface area contributed by atoms with Gasteiger partial charge in [0.25, 0.3) is 5.89 Å². The van der Waals surface area contributed by atoms with Gasteiger partial charge in [0.2, 0.25) is 5.89 Å². The lowest BCUT2D eigenvalue weighted by atomic mass is 10.0. The third-order valence-corrected chi connectivity index (χ3v) is 3.59. The van der Waals surface area contributed by atoms with Crippen LogP contribution < -0.4 is 10.5 Å². The number of para-hydroxylation sites is 1. The summed E-state index contributed by atoms with van der Waals surface area (Å²) in [7, 11) is 0. The van der Waals surface area contributed by atoms with E-state index in [1.807, 2.05) is 18.2 Å². The van der Waals surface area contributed by atoms with Crippen molar-refractivity contribution in [2.24, 2.45) is 5.73 Å². The highest BCUT2D eigenvalue weighted by molar-refractivity contribution is 9.10. The van der Waals surface area contributed by atoms with Crippen LogP contribution in [0.25, 0.3) is 0 Å². The van der Waals surface area contributed by atoms with Gasteiger partial charge in [-0.3, -0.25) is 0 Å². The monoisotopic (exact) mass is 339 g/mol. The van der Waals surface area contributed by atoms with Crippen LogP contribution in [0.1, 0.15) is 30.7 Å². The molecule has 2 aromatic rings. The molecule has 0 fully saturated rings. The molecule has 1 aromatic carbocycles. The highest BCUT2D eigenvalue weighted by atomic mass is 79.9. The van der Waals surface area contributed by atoms with Gasteiger partial charge in [-0.05, 0) is 40.4 Å². The van der Waals surface area contributed by atoms with Crippen molar-refractivity contribution in [2.75, 3.05) is 0 Å². The molecule has 1 heterocycles. The summed E-state index contributed by atoms with van der Waals surface area (Å²) in [6.07, 6.45) is 1.70. The lowest BCUT2D eigenvalue weighted by Crippen LogP contribution is -2.21. The molecule has 0 saturated carbocycles. The van der Waals surface area contributed by atoms with Gasteiger partial charge in [0.05, 0.1) is 4.47 Å². The zero-order chi connectivity index (χ0) is 14.5. The van der Waals surface area contributed by atoms with Crippen LogP contribution in [0.3, 0.4) is 0 Å². The van der Waals surface area contributed by atoms with Gasteiger partial charge < -0.3 is 14.9 Å². The van der Waals surface area contributed by atoms with E-state index in [2.05, 4.69) is 33.1 Å². The lowest BCUT2D eigenvalue weighted by molar-refractivity contribution is 0.256. The number of rotatable bonds is 6. The van der Waals surface area contributed by atoms with Gasteiger partial charge in [0.1, 0.15) is 5.75 Å². The quantitative estimate of drug-likeness (QED) is 0.875. The average Bonchev–Trinajstić information content (AvgIpc) is 2.83. The van der Waals surface area contributed by atoms with E-state index in [1.165, 1.54) is 0 Å². The Morgan fingerprint density at radius 1 is 1.40 bits per heavy atom. The standard InChI is InChI=1S/C14H18BrN3O2/c1-3-11(16)7-10-5-4-6-12(15)14(10)19-8-13-18-17-9(2)20-13/h4-6,11H,3,7-8,16H2,1-2H3. The van der Waals surface area contributed by atoms with Crippen molar-refractivity contribution in [3.63, 3.8) is 0 Å². The SMILES string of the molecule is CCC(N)Cc1cccc(Br)c1OCc1nnc(C)o1. The van der Waals surface area contributed by atoms with E-state index in [-0.39, 0.29) is 12.6 Å². The van der Waals surface area contributed by atoms with Crippen LogP contribution in [-0.4, -0.2) is 16.2 Å². The lowest BCUT2D eigenvalue weighted by Gasteiger charge is -2.15. The van der Waals surface area contributed by atoms with E-state index in [0.29, 0.717) is 11.8 Å². The van der Waals surface area contributed by atoms with Gasteiger partial charge in [-0.1, -0.05) is 19.1 Å². The number of aromatic nitrogens is 2. The Morgan fingerprint density at radius 3 is 2.85 bits per heavy atom. The molecule has 0 aliphatic carbocycles. The van der Waals surface area contributed by atoms with Gasteiger partial charge in [0, 0.05) is 13.0 Å². The molecule has 0 radical (unpaired) electrons. The number of aryl methyl sites for hydroxylation is 1. The molecule has 0 aliphatic rings. The van der Waals surface area contributed by atoms with Crippen molar-refractivity contribution < 1.29 is 9.15 Å². The highest BCUT2D eigenvalue weighted by Crippen LogP contribution is 2.30. The first-order valence-electron chi connectivity index (χ1n) is 6.55. The van der Waals surface area contributed by atoms with Crippen molar-refractivity contribution in [1.29, 1.82) is 0 Å². The molecular formula is C14H18BrN3O2. The summed E-state index contributed by atoms with van der Waals surface area (Å²) in [6, 6.07) is 6.06. The minimum atomic E-state index is 0.122. The van der Waals surface area contributed by atoms with Crippen LogP contribution in [0.2, 0.25) is 0 Å². The van der Waals surface area contributed by atoms with Crippen LogP contribution >= 0.6 is 15.9 Å². The Morgan fingerprint density at radius 2 is 2.20 bits per heavy atom. The molecule has 2 N–H and O–H groups in total. The largest absolute Gasteiger partial charge is 0.482 e. The Kier molecular flexibility index (Phi) is 5.14. The molecule has 0 aliphatic heterocycles. The molecule has 0 amide bonds. The maximum absolute atomic E-state index is 6.02. The number of nitrogens with two attached hydrogens (primary N) is 1. The summed E-state index contributed by atoms with van der Waals surface area (Å²) in [5.74, 6) is 1.78. The van der Waals surface area contributed by atoms with Gasteiger partial charge in [-0.2, -0.15) is 0 Å². The first-order valence-corrected chi connectivity index (χ1v) is 7.34. The third kappa shape index (κ3) is 3.80. The van der Waals surface area contributed by atoms with Crippen LogP contribution in [0.5, 0.6) is 5.75 Å². The topological polar surface area (TPSA) is 74.2 Å². The molecular weight excluding hydrogens is 322 g/mol. The van der Waals surface area contributed by atoms with Crippen molar-refractivity contribution in [2.45, 2.75) is 39.3 Å². The van der Waals surface area contributed by atoms with Crippen molar-refractivity contribution in [1.82, 2.24) is 10.2 Å². The van der Waals surface area contributed by atoms with Crippen LogP contribution in [0, 0.1) is 6.92 Å². The molecule has 5 nitrogen and oxygen atoms in total. The second kappa shape index (κ2) is 6.85. The van der Waals surface area contributed by atoms with E-state index in [9.17, 15) is 0 Å². The molecule has 6 heteroatoms. The van der Waals surface area contributed by atoms with Gasteiger partial charge in [-0.25, -0.2) is 0 Å². The summed E-state index contributed by atoms with van der Waals surface area (Å²) in [5.41, 5.74) is 7.10. The number of benzene rings is 1. The average molecular weight is 340 g/mol. The maximum atomic E-state index is 6.02. The predicted molar refractivity (Wildman–Crippen MR) is 79.5 cm³/mol. The van der Waals surface area contributed by atoms with E-state index >= 15 is 0 Å². The molecule has 108 valence electrons. The summed E-state index contributed by atoms with van der Waals surface area (Å²) in [6.45, 7) is 4.07. The summed E-state index contributed by atoms with van der Waals surface area (Å²) in [5, 5.41) is 7.69. The Labute approximate surface area is 126 Å². The second-order valence-electron chi connectivity index (χ2n) is 4.60. The fourth-order valence-electron chi connectivity index (χ4n) is 1.83. The van der Waals surface area contributed by atoms with Crippen LogP contribution in [-0.2, 0) is 13.0 Å². The minimum absolute atomic E-state index is 0.122. The normalized spacial score (nSPS) is 12.4. The summed E-state index contributed by atoms with van der Waals surface area (Å²) < 4.78 is 12.0. The molecule has 1 unspecified atom stereocenters. The number of hydrogen-bond acceptors (Lipinski definition) is 5. The van der Waals surface area contributed by atoms with Gasteiger partial charge in [-0.15, -0.1) is 10.2 Å². The van der Waals surface area contributed by atoms with E-state index in [1.54, 1.807) is 6.92 Å². The van der Waals surface area contributed by atoms with Crippen molar-refractivity contribution in [3.8, 4) is 5.75 Å². The van der Waals surface area contributed by atoms with Crippen LogP contribution in [0.4, 0.5) is 0 Å².